The van der Waals surface area contributed by atoms with Crippen LogP contribution in [0.25, 0.3) is 0 Å². The number of hydrogen-bond donors (Lipinski definition) is 2. The Bertz CT molecular complexity index is 633. The van der Waals surface area contributed by atoms with Crippen LogP contribution in [0, 0.1) is 0 Å². The Balaban J connectivity index is 1.49. The lowest BCUT2D eigenvalue weighted by molar-refractivity contribution is -0.121. The molecule has 0 bridgehead atoms. The van der Waals surface area contributed by atoms with Crippen molar-refractivity contribution >= 4 is 17.2 Å². The first kappa shape index (κ1) is 16.1. The van der Waals surface area contributed by atoms with E-state index in [9.17, 15) is 9.90 Å². The molecule has 0 spiro atoms. The molecule has 1 aliphatic carbocycles. The Labute approximate surface area is 140 Å². The van der Waals surface area contributed by atoms with E-state index in [0.29, 0.717) is 6.42 Å². The number of aliphatic hydroxyl groups is 1. The lowest BCUT2D eigenvalue weighted by Gasteiger charge is -2.26. The van der Waals surface area contributed by atoms with E-state index in [0.717, 1.165) is 42.8 Å². The number of aromatic nitrogens is 1. The molecule has 0 aliphatic heterocycles. The van der Waals surface area contributed by atoms with Crippen LogP contribution in [0.2, 0.25) is 0 Å². The maximum Gasteiger partial charge on any atom is 0.226 e. The van der Waals surface area contributed by atoms with Crippen LogP contribution in [-0.2, 0) is 17.6 Å². The van der Waals surface area contributed by atoms with Crippen LogP contribution < -0.4 is 5.32 Å². The van der Waals surface area contributed by atoms with E-state index in [-0.39, 0.29) is 18.1 Å². The summed E-state index contributed by atoms with van der Waals surface area (Å²) in [6, 6.07) is 10.4. The normalized spacial score (nSPS) is 21.1. The van der Waals surface area contributed by atoms with Crippen LogP contribution in [0.3, 0.4) is 0 Å². The Morgan fingerprint density at radius 1 is 1.22 bits per heavy atom. The van der Waals surface area contributed by atoms with Crippen LogP contribution in [0.15, 0.2) is 35.7 Å². The second kappa shape index (κ2) is 7.70. The fourth-order valence-electron chi connectivity index (χ4n) is 2.95. The largest absolute Gasteiger partial charge is 0.393 e. The van der Waals surface area contributed by atoms with Gasteiger partial charge in [-0.1, -0.05) is 30.3 Å². The lowest BCUT2D eigenvalue weighted by atomic mass is 9.93. The molecule has 5 heteroatoms. The summed E-state index contributed by atoms with van der Waals surface area (Å²) in [5.74, 6) is 0.0305. The van der Waals surface area contributed by atoms with Gasteiger partial charge in [0.2, 0.25) is 5.91 Å². The first-order chi connectivity index (χ1) is 11.2. The first-order valence-corrected chi connectivity index (χ1v) is 9.01. The predicted molar refractivity (Wildman–Crippen MR) is 91.5 cm³/mol. The molecule has 0 atom stereocenters. The maximum absolute atomic E-state index is 12.1. The van der Waals surface area contributed by atoms with Crippen molar-refractivity contribution in [1.82, 2.24) is 10.3 Å². The van der Waals surface area contributed by atoms with Gasteiger partial charge in [-0.05, 0) is 31.2 Å². The van der Waals surface area contributed by atoms with Crippen LogP contribution in [0.1, 0.15) is 41.9 Å². The van der Waals surface area contributed by atoms with Gasteiger partial charge >= 0.3 is 0 Å². The van der Waals surface area contributed by atoms with Crippen molar-refractivity contribution in [2.75, 3.05) is 0 Å². The van der Waals surface area contributed by atoms with Gasteiger partial charge in [0.15, 0.2) is 0 Å². The monoisotopic (exact) mass is 330 g/mol. The van der Waals surface area contributed by atoms with Gasteiger partial charge in [-0.3, -0.25) is 4.79 Å². The van der Waals surface area contributed by atoms with Gasteiger partial charge in [-0.15, -0.1) is 11.3 Å². The average Bonchev–Trinajstić information content (AvgIpc) is 2.97. The molecule has 1 aromatic carbocycles. The van der Waals surface area contributed by atoms with Crippen LogP contribution in [0.5, 0.6) is 0 Å². The molecule has 2 aromatic rings. The van der Waals surface area contributed by atoms with Crippen LogP contribution >= 0.6 is 11.3 Å². The smallest absolute Gasteiger partial charge is 0.226 e. The first-order valence-electron chi connectivity index (χ1n) is 8.13. The molecule has 3 rings (SSSR count). The van der Waals surface area contributed by atoms with Crippen molar-refractivity contribution in [3.8, 4) is 0 Å². The second-order valence-electron chi connectivity index (χ2n) is 6.14. The quantitative estimate of drug-likeness (QED) is 0.886. The maximum atomic E-state index is 12.1. The number of amides is 1. The van der Waals surface area contributed by atoms with E-state index in [1.54, 1.807) is 11.3 Å². The molecule has 0 saturated heterocycles. The molecule has 1 heterocycles. The third-order valence-corrected chi connectivity index (χ3v) is 5.10. The molecule has 4 nitrogen and oxygen atoms in total. The molecule has 122 valence electrons. The summed E-state index contributed by atoms with van der Waals surface area (Å²) in [6.07, 6.45) is 4.25. The summed E-state index contributed by atoms with van der Waals surface area (Å²) in [4.78, 5) is 16.7. The topological polar surface area (TPSA) is 62.2 Å². The fourth-order valence-corrected chi connectivity index (χ4v) is 3.77. The summed E-state index contributed by atoms with van der Waals surface area (Å²) in [6.45, 7) is 0. The van der Waals surface area contributed by atoms with Gasteiger partial charge in [0.1, 0.15) is 0 Å². The van der Waals surface area contributed by atoms with Crippen molar-refractivity contribution < 1.29 is 9.90 Å². The minimum absolute atomic E-state index is 0.0305. The van der Waals surface area contributed by atoms with E-state index in [1.165, 1.54) is 5.56 Å². The molecule has 2 N–H and O–H groups in total. The van der Waals surface area contributed by atoms with Gasteiger partial charge < -0.3 is 10.4 Å². The highest BCUT2D eigenvalue weighted by Crippen LogP contribution is 2.19. The molecule has 1 saturated carbocycles. The van der Waals surface area contributed by atoms with Crippen LogP contribution in [0.4, 0.5) is 0 Å². The van der Waals surface area contributed by atoms with Gasteiger partial charge in [0, 0.05) is 17.8 Å². The fraction of sp³-hybridized carbons (Fsp3) is 0.444. The van der Waals surface area contributed by atoms with Crippen molar-refractivity contribution in [2.24, 2.45) is 0 Å². The van der Waals surface area contributed by atoms with Crippen molar-refractivity contribution in [2.45, 2.75) is 50.7 Å². The number of aliphatic hydroxyl groups excluding tert-OH is 1. The molecule has 23 heavy (non-hydrogen) atoms. The SMILES string of the molecule is O=C(Cc1csc(Cc2ccccc2)n1)NC1CCC(O)CC1. The van der Waals surface area contributed by atoms with Crippen molar-refractivity contribution in [3.05, 3.63) is 52.0 Å². The summed E-state index contributed by atoms with van der Waals surface area (Å²) >= 11 is 1.61. The van der Waals surface area contributed by atoms with Crippen molar-refractivity contribution in [3.63, 3.8) is 0 Å². The summed E-state index contributed by atoms with van der Waals surface area (Å²) in [5, 5.41) is 15.6. The van der Waals surface area contributed by atoms with E-state index in [1.807, 2.05) is 23.6 Å². The number of thiazole rings is 1. The van der Waals surface area contributed by atoms with Gasteiger partial charge in [0.25, 0.3) is 0 Å². The average molecular weight is 330 g/mol. The highest BCUT2D eigenvalue weighted by atomic mass is 32.1. The van der Waals surface area contributed by atoms with E-state index in [4.69, 9.17) is 0 Å². The number of rotatable bonds is 5. The van der Waals surface area contributed by atoms with E-state index < -0.39 is 0 Å². The number of benzene rings is 1. The molecular weight excluding hydrogens is 308 g/mol. The summed E-state index contributed by atoms with van der Waals surface area (Å²) < 4.78 is 0. The Morgan fingerprint density at radius 3 is 2.70 bits per heavy atom. The standard InChI is InChI=1S/C18H22N2O2S/c21-16-8-6-14(7-9-16)19-17(22)11-15-12-23-18(20-15)10-13-4-2-1-3-5-13/h1-5,12,14,16,21H,6-11H2,(H,19,22). The second-order valence-corrected chi connectivity index (χ2v) is 7.09. The Morgan fingerprint density at radius 2 is 1.96 bits per heavy atom. The van der Waals surface area contributed by atoms with E-state index >= 15 is 0 Å². The van der Waals surface area contributed by atoms with Crippen LogP contribution in [-0.4, -0.2) is 28.1 Å². The minimum Gasteiger partial charge on any atom is -0.393 e. The van der Waals surface area contributed by atoms with E-state index in [2.05, 4.69) is 22.4 Å². The zero-order chi connectivity index (χ0) is 16.1. The third kappa shape index (κ3) is 4.88. The molecule has 1 amide bonds. The number of carbonyl (C=O) groups excluding carboxylic acids is 1. The number of nitrogens with one attached hydrogen (secondary N) is 1. The highest BCUT2D eigenvalue weighted by molar-refractivity contribution is 7.09. The predicted octanol–water partition coefficient (Wildman–Crippen LogP) is 2.70. The summed E-state index contributed by atoms with van der Waals surface area (Å²) in [5.41, 5.74) is 2.08. The zero-order valence-corrected chi connectivity index (χ0v) is 13.9. The molecular formula is C18H22N2O2S. The van der Waals surface area contributed by atoms with Gasteiger partial charge in [0.05, 0.1) is 23.2 Å². The minimum atomic E-state index is -0.192. The molecule has 1 aromatic heterocycles. The Hall–Kier alpha value is -1.72. The lowest BCUT2D eigenvalue weighted by Crippen LogP contribution is -2.39. The zero-order valence-electron chi connectivity index (χ0n) is 13.1. The molecule has 1 fully saturated rings. The number of nitrogens with zero attached hydrogens (tertiary/aromatic N) is 1. The number of hydrogen-bond acceptors (Lipinski definition) is 4. The van der Waals surface area contributed by atoms with Gasteiger partial charge in [-0.2, -0.15) is 0 Å². The Kier molecular flexibility index (Phi) is 5.41. The third-order valence-electron chi connectivity index (χ3n) is 4.20. The summed E-state index contributed by atoms with van der Waals surface area (Å²) in [7, 11) is 0. The molecule has 0 unspecified atom stereocenters. The van der Waals surface area contributed by atoms with Gasteiger partial charge in [-0.25, -0.2) is 4.98 Å². The number of carbonyl (C=O) groups is 1. The molecule has 1 aliphatic rings. The highest BCUT2D eigenvalue weighted by Gasteiger charge is 2.21. The van der Waals surface area contributed by atoms with Crippen molar-refractivity contribution in [1.29, 1.82) is 0 Å². The molecule has 0 radical (unpaired) electrons.